The zero-order valence-corrected chi connectivity index (χ0v) is 6.89. The van der Waals surface area contributed by atoms with Crippen LogP contribution in [0.3, 0.4) is 0 Å². The van der Waals surface area contributed by atoms with Crippen molar-refractivity contribution in [3.05, 3.63) is 18.2 Å². The van der Waals surface area contributed by atoms with Gasteiger partial charge in [-0.15, -0.1) is 0 Å². The van der Waals surface area contributed by atoms with Gasteiger partial charge in [0.1, 0.15) is 0 Å². The lowest BCUT2D eigenvalue weighted by molar-refractivity contribution is -0.269. The van der Waals surface area contributed by atoms with Crippen molar-refractivity contribution in [3.63, 3.8) is 0 Å². The molecule has 0 saturated carbocycles. The Bertz CT molecular complexity index is 270. The van der Waals surface area contributed by atoms with E-state index in [1.807, 2.05) is 0 Å². The maximum Gasteiger partial charge on any atom is 0.422 e. The molecule has 1 atom stereocenters. The van der Waals surface area contributed by atoms with Crippen molar-refractivity contribution < 1.29 is 18.3 Å². The van der Waals surface area contributed by atoms with Crippen LogP contribution >= 0.6 is 0 Å². The fourth-order valence-corrected chi connectivity index (χ4v) is 1.03. The summed E-state index contributed by atoms with van der Waals surface area (Å²) < 4.78 is 37.1. The van der Waals surface area contributed by atoms with Crippen LogP contribution < -0.4 is 0 Å². The Labute approximate surface area is 72.6 Å². The third-order valence-electron chi connectivity index (χ3n) is 1.92. The Morgan fingerprint density at radius 1 is 1.54 bits per heavy atom. The molecule has 3 nitrogen and oxygen atoms in total. The van der Waals surface area contributed by atoms with Crippen molar-refractivity contribution in [2.24, 2.45) is 0 Å². The fraction of sp³-hybridized carbons (Fsp3) is 0.571. The summed E-state index contributed by atoms with van der Waals surface area (Å²) in [4.78, 5) is 5.69. The predicted molar refractivity (Wildman–Crippen MR) is 38.8 cm³/mol. The average Bonchev–Trinajstić information content (AvgIpc) is 2.52. The Morgan fingerprint density at radius 3 is 2.46 bits per heavy atom. The van der Waals surface area contributed by atoms with E-state index in [1.54, 1.807) is 0 Å². The van der Waals surface area contributed by atoms with Gasteiger partial charge in [0.2, 0.25) is 5.60 Å². The zero-order chi connectivity index (χ0) is 10.1. The molecule has 0 saturated heterocycles. The highest BCUT2D eigenvalue weighted by Gasteiger charge is 2.54. The summed E-state index contributed by atoms with van der Waals surface area (Å²) in [5.74, 6) is 0. The van der Waals surface area contributed by atoms with Gasteiger partial charge < -0.3 is 10.1 Å². The van der Waals surface area contributed by atoms with Gasteiger partial charge in [-0.3, -0.25) is 0 Å². The monoisotopic (exact) mass is 194 g/mol. The first kappa shape index (κ1) is 10.0. The molecule has 0 aliphatic heterocycles. The SMILES string of the molecule is CCC(O)(c1cnc[nH]1)C(F)(F)F. The minimum Gasteiger partial charge on any atom is -0.375 e. The number of nitrogens with zero attached hydrogens (tertiary/aromatic N) is 1. The van der Waals surface area contributed by atoms with Crippen LogP contribution in [-0.2, 0) is 5.60 Å². The minimum atomic E-state index is -4.69. The number of aromatic amines is 1. The molecular formula is C7H9F3N2O. The van der Waals surface area contributed by atoms with E-state index in [2.05, 4.69) is 9.97 Å². The minimum absolute atomic E-state index is 0.331. The second-order valence-electron chi connectivity index (χ2n) is 2.68. The first-order valence-corrected chi connectivity index (χ1v) is 3.69. The van der Waals surface area contributed by atoms with E-state index in [-0.39, 0.29) is 5.69 Å². The zero-order valence-electron chi connectivity index (χ0n) is 6.89. The molecule has 0 aromatic carbocycles. The second kappa shape index (κ2) is 3.02. The first-order chi connectivity index (χ1) is 5.92. The number of nitrogens with one attached hydrogen (secondary N) is 1. The molecule has 1 rings (SSSR count). The van der Waals surface area contributed by atoms with Gasteiger partial charge in [0.25, 0.3) is 0 Å². The lowest BCUT2D eigenvalue weighted by atomic mass is 9.97. The summed E-state index contributed by atoms with van der Waals surface area (Å²) in [6, 6.07) is 0. The third kappa shape index (κ3) is 1.53. The van der Waals surface area contributed by atoms with E-state index in [0.29, 0.717) is 0 Å². The topological polar surface area (TPSA) is 48.9 Å². The van der Waals surface area contributed by atoms with E-state index in [0.717, 1.165) is 12.5 Å². The molecule has 0 amide bonds. The van der Waals surface area contributed by atoms with Crippen molar-refractivity contribution >= 4 is 0 Å². The maximum absolute atomic E-state index is 12.4. The predicted octanol–water partition coefficient (Wildman–Crippen LogP) is 1.57. The summed E-state index contributed by atoms with van der Waals surface area (Å²) in [5.41, 5.74) is -3.15. The van der Waals surface area contributed by atoms with Crippen LogP contribution in [0, 0.1) is 0 Å². The van der Waals surface area contributed by atoms with Crippen molar-refractivity contribution in [1.82, 2.24) is 9.97 Å². The van der Waals surface area contributed by atoms with Gasteiger partial charge in [-0.05, 0) is 6.42 Å². The first-order valence-electron chi connectivity index (χ1n) is 3.69. The summed E-state index contributed by atoms with van der Waals surface area (Å²) in [5, 5.41) is 9.32. The van der Waals surface area contributed by atoms with Gasteiger partial charge >= 0.3 is 6.18 Å². The van der Waals surface area contributed by atoms with Gasteiger partial charge in [-0.1, -0.05) is 6.92 Å². The Kier molecular flexibility index (Phi) is 2.34. The molecule has 0 aliphatic carbocycles. The molecular weight excluding hydrogens is 185 g/mol. The van der Waals surface area contributed by atoms with Crippen molar-refractivity contribution in [1.29, 1.82) is 0 Å². The molecule has 0 aliphatic rings. The van der Waals surface area contributed by atoms with Crippen LogP contribution in [0.4, 0.5) is 13.2 Å². The number of hydrogen-bond donors (Lipinski definition) is 2. The van der Waals surface area contributed by atoms with Crippen LogP contribution in [0.1, 0.15) is 19.0 Å². The third-order valence-corrected chi connectivity index (χ3v) is 1.92. The molecule has 1 heterocycles. The Balaban J connectivity index is 3.09. The summed E-state index contributed by atoms with van der Waals surface area (Å²) in [6.07, 6.45) is -3.06. The quantitative estimate of drug-likeness (QED) is 0.750. The molecule has 0 fully saturated rings. The molecule has 1 aromatic heterocycles. The van der Waals surface area contributed by atoms with Gasteiger partial charge in [0.05, 0.1) is 18.2 Å². The number of aliphatic hydroxyl groups is 1. The van der Waals surface area contributed by atoms with E-state index in [4.69, 9.17) is 0 Å². The Hall–Kier alpha value is -1.04. The van der Waals surface area contributed by atoms with Crippen LogP contribution in [0.2, 0.25) is 0 Å². The molecule has 6 heteroatoms. The molecule has 1 aromatic rings. The number of alkyl halides is 3. The van der Waals surface area contributed by atoms with Crippen LogP contribution in [0.15, 0.2) is 12.5 Å². The van der Waals surface area contributed by atoms with Gasteiger partial charge in [0, 0.05) is 0 Å². The van der Waals surface area contributed by atoms with Crippen LogP contribution in [0.25, 0.3) is 0 Å². The molecule has 13 heavy (non-hydrogen) atoms. The molecule has 1 unspecified atom stereocenters. The Morgan fingerprint density at radius 2 is 2.15 bits per heavy atom. The number of halogens is 3. The van der Waals surface area contributed by atoms with Crippen molar-refractivity contribution in [3.8, 4) is 0 Å². The van der Waals surface area contributed by atoms with E-state index in [9.17, 15) is 18.3 Å². The number of rotatable bonds is 2. The molecule has 74 valence electrons. The maximum atomic E-state index is 12.4. The molecule has 0 radical (unpaired) electrons. The summed E-state index contributed by atoms with van der Waals surface area (Å²) >= 11 is 0. The number of hydrogen-bond acceptors (Lipinski definition) is 2. The van der Waals surface area contributed by atoms with Gasteiger partial charge in [-0.25, -0.2) is 4.98 Å². The second-order valence-corrected chi connectivity index (χ2v) is 2.68. The summed E-state index contributed by atoms with van der Waals surface area (Å²) in [7, 11) is 0. The highest BCUT2D eigenvalue weighted by atomic mass is 19.4. The molecule has 0 bridgehead atoms. The fourth-order valence-electron chi connectivity index (χ4n) is 1.03. The lowest BCUT2D eigenvalue weighted by Gasteiger charge is -2.27. The normalized spacial score (nSPS) is 17.0. The largest absolute Gasteiger partial charge is 0.422 e. The van der Waals surface area contributed by atoms with Crippen molar-refractivity contribution in [2.45, 2.75) is 25.1 Å². The van der Waals surface area contributed by atoms with E-state index in [1.165, 1.54) is 6.92 Å². The highest BCUT2D eigenvalue weighted by Crippen LogP contribution is 2.40. The summed E-state index contributed by atoms with van der Waals surface area (Å²) in [6.45, 7) is 1.26. The number of aromatic nitrogens is 2. The average molecular weight is 194 g/mol. The highest BCUT2D eigenvalue weighted by molar-refractivity contribution is 5.10. The smallest absolute Gasteiger partial charge is 0.375 e. The standard InChI is InChI=1S/C7H9F3N2O/c1-2-6(13,7(8,9)10)5-3-11-4-12-5/h3-4,13H,2H2,1H3,(H,11,12). The lowest BCUT2D eigenvalue weighted by Crippen LogP contribution is -2.41. The van der Waals surface area contributed by atoms with E-state index < -0.39 is 18.2 Å². The van der Waals surface area contributed by atoms with Crippen LogP contribution in [0.5, 0.6) is 0 Å². The molecule has 0 spiro atoms. The number of imidazole rings is 1. The van der Waals surface area contributed by atoms with Crippen LogP contribution in [-0.4, -0.2) is 21.3 Å². The van der Waals surface area contributed by atoms with E-state index >= 15 is 0 Å². The molecule has 2 N–H and O–H groups in total. The van der Waals surface area contributed by atoms with Crippen molar-refractivity contribution in [2.75, 3.05) is 0 Å². The number of H-pyrrole nitrogens is 1. The van der Waals surface area contributed by atoms with Gasteiger partial charge in [-0.2, -0.15) is 13.2 Å². The van der Waals surface area contributed by atoms with Gasteiger partial charge in [0.15, 0.2) is 0 Å².